The number of nitrogens with one attached hydrogen (secondary N) is 1. The van der Waals surface area contributed by atoms with Crippen LogP contribution in [0.4, 0.5) is 0 Å². The third-order valence-corrected chi connectivity index (χ3v) is 4.03. The third-order valence-electron chi connectivity index (χ3n) is 4.03. The average Bonchev–Trinajstić information content (AvgIpc) is 3.18. The Bertz CT molecular complexity index is 771. The van der Waals surface area contributed by atoms with Crippen LogP contribution in [0.1, 0.15) is 19.3 Å². The van der Waals surface area contributed by atoms with Crippen LogP contribution in [-0.2, 0) is 16.1 Å². The number of aryl methyl sites for hydroxylation is 1. The van der Waals surface area contributed by atoms with Crippen LogP contribution in [0.15, 0.2) is 33.5 Å². The van der Waals surface area contributed by atoms with Crippen molar-refractivity contribution in [2.45, 2.75) is 25.8 Å². The van der Waals surface area contributed by atoms with E-state index in [0.29, 0.717) is 11.1 Å². The van der Waals surface area contributed by atoms with Gasteiger partial charge in [0.05, 0.1) is 12.1 Å². The topological polar surface area (TPSA) is 84.5 Å². The number of fused-ring (bicyclic) bond motifs is 1. The van der Waals surface area contributed by atoms with Crippen LogP contribution in [0.3, 0.4) is 0 Å². The van der Waals surface area contributed by atoms with Gasteiger partial charge in [0.25, 0.3) is 0 Å². The van der Waals surface area contributed by atoms with Gasteiger partial charge in [-0.15, -0.1) is 0 Å². The quantitative estimate of drug-likeness (QED) is 0.881. The van der Waals surface area contributed by atoms with Crippen molar-refractivity contribution in [3.8, 4) is 0 Å². The molecule has 2 amide bonds. The van der Waals surface area contributed by atoms with E-state index in [0.717, 1.165) is 25.9 Å². The van der Waals surface area contributed by atoms with E-state index in [1.165, 1.54) is 4.57 Å². The molecule has 1 N–H and O–H groups in total. The summed E-state index contributed by atoms with van der Waals surface area (Å²) in [5, 5.41) is 2.61. The molecule has 2 aromatic rings. The zero-order chi connectivity index (χ0) is 16.2. The largest absolute Gasteiger partial charge is 0.419 e. The van der Waals surface area contributed by atoms with Crippen LogP contribution in [0.5, 0.6) is 0 Å². The molecule has 1 aromatic heterocycles. The molecule has 2 heterocycles. The Labute approximate surface area is 132 Å². The number of oxazole rings is 1. The van der Waals surface area contributed by atoms with E-state index in [1.807, 2.05) is 6.07 Å². The smallest absolute Gasteiger partial charge is 0.408 e. The van der Waals surface area contributed by atoms with Crippen molar-refractivity contribution in [2.75, 3.05) is 19.6 Å². The summed E-state index contributed by atoms with van der Waals surface area (Å²) in [6.07, 6.45) is 2.17. The first-order valence-corrected chi connectivity index (χ1v) is 7.78. The number of hydrogen-bond donors (Lipinski definition) is 1. The van der Waals surface area contributed by atoms with Crippen molar-refractivity contribution in [2.24, 2.45) is 0 Å². The number of para-hydroxylation sites is 2. The molecule has 0 saturated carbocycles. The van der Waals surface area contributed by atoms with E-state index in [4.69, 9.17) is 4.42 Å². The SMILES string of the molecule is O=C(CCn1c(=O)oc2ccccc21)NCC(=O)N1CCCC1. The number of aromatic nitrogens is 1. The molecule has 0 unspecified atom stereocenters. The Hall–Kier alpha value is -2.57. The van der Waals surface area contributed by atoms with E-state index in [9.17, 15) is 14.4 Å². The zero-order valence-electron chi connectivity index (χ0n) is 12.8. The Morgan fingerprint density at radius 3 is 2.70 bits per heavy atom. The highest BCUT2D eigenvalue weighted by Crippen LogP contribution is 2.12. The van der Waals surface area contributed by atoms with Crippen LogP contribution in [0.25, 0.3) is 11.1 Å². The van der Waals surface area contributed by atoms with Gasteiger partial charge >= 0.3 is 5.76 Å². The number of nitrogens with zero attached hydrogens (tertiary/aromatic N) is 2. The maximum atomic E-state index is 11.9. The molecule has 23 heavy (non-hydrogen) atoms. The molecule has 1 aromatic carbocycles. The molecule has 1 aliphatic rings. The number of hydrogen-bond acceptors (Lipinski definition) is 4. The molecular weight excluding hydrogens is 298 g/mol. The van der Waals surface area contributed by atoms with Crippen molar-refractivity contribution in [1.29, 1.82) is 0 Å². The van der Waals surface area contributed by atoms with Crippen molar-refractivity contribution in [3.05, 3.63) is 34.8 Å². The second-order valence-corrected chi connectivity index (χ2v) is 5.60. The van der Waals surface area contributed by atoms with Gasteiger partial charge in [-0.3, -0.25) is 14.2 Å². The van der Waals surface area contributed by atoms with Gasteiger partial charge < -0.3 is 14.6 Å². The molecule has 0 atom stereocenters. The summed E-state index contributed by atoms with van der Waals surface area (Å²) in [7, 11) is 0. The summed E-state index contributed by atoms with van der Waals surface area (Å²) in [5.74, 6) is -0.788. The molecule has 0 bridgehead atoms. The number of amides is 2. The van der Waals surface area contributed by atoms with Crippen molar-refractivity contribution in [1.82, 2.24) is 14.8 Å². The number of benzene rings is 1. The Balaban J connectivity index is 1.53. The molecule has 1 saturated heterocycles. The number of carbonyl (C=O) groups excluding carboxylic acids is 2. The number of likely N-dealkylation sites (tertiary alicyclic amines) is 1. The summed E-state index contributed by atoms with van der Waals surface area (Å²) in [6, 6.07) is 7.08. The highest BCUT2D eigenvalue weighted by atomic mass is 16.4. The third kappa shape index (κ3) is 3.44. The van der Waals surface area contributed by atoms with Crippen LogP contribution in [0, 0.1) is 0 Å². The van der Waals surface area contributed by atoms with E-state index in [1.54, 1.807) is 23.1 Å². The minimum Gasteiger partial charge on any atom is -0.408 e. The molecule has 3 rings (SSSR count). The molecule has 122 valence electrons. The van der Waals surface area contributed by atoms with Crippen LogP contribution < -0.4 is 11.1 Å². The normalized spacial score (nSPS) is 14.3. The lowest BCUT2D eigenvalue weighted by atomic mass is 10.3. The van der Waals surface area contributed by atoms with Gasteiger partial charge in [0.15, 0.2) is 5.58 Å². The van der Waals surface area contributed by atoms with E-state index in [2.05, 4.69) is 5.32 Å². The molecule has 0 radical (unpaired) electrons. The summed E-state index contributed by atoms with van der Waals surface area (Å²) in [6.45, 7) is 1.77. The summed E-state index contributed by atoms with van der Waals surface area (Å²) < 4.78 is 6.54. The highest BCUT2D eigenvalue weighted by molar-refractivity contribution is 5.84. The first-order chi connectivity index (χ1) is 11.1. The summed E-state index contributed by atoms with van der Waals surface area (Å²) >= 11 is 0. The minimum atomic E-state index is -0.479. The average molecular weight is 317 g/mol. The predicted octanol–water partition coefficient (Wildman–Crippen LogP) is 0.723. The fourth-order valence-electron chi connectivity index (χ4n) is 2.78. The van der Waals surface area contributed by atoms with Gasteiger partial charge in [-0.2, -0.15) is 0 Å². The molecule has 0 aliphatic carbocycles. The number of carbonyl (C=O) groups is 2. The Morgan fingerprint density at radius 1 is 1.17 bits per heavy atom. The molecule has 7 heteroatoms. The van der Waals surface area contributed by atoms with Crippen LogP contribution in [-0.4, -0.2) is 40.9 Å². The van der Waals surface area contributed by atoms with Gasteiger partial charge in [0, 0.05) is 26.1 Å². The van der Waals surface area contributed by atoms with Crippen molar-refractivity contribution in [3.63, 3.8) is 0 Å². The maximum Gasteiger partial charge on any atom is 0.419 e. The van der Waals surface area contributed by atoms with Gasteiger partial charge in [-0.1, -0.05) is 12.1 Å². The zero-order valence-corrected chi connectivity index (χ0v) is 12.8. The van der Waals surface area contributed by atoms with Gasteiger partial charge in [0.1, 0.15) is 0 Å². The second kappa shape index (κ2) is 6.68. The van der Waals surface area contributed by atoms with E-state index < -0.39 is 5.76 Å². The minimum absolute atomic E-state index is 0.0138. The van der Waals surface area contributed by atoms with E-state index >= 15 is 0 Å². The standard InChI is InChI=1S/C16H19N3O4/c20-14(17-11-15(21)18-8-3-4-9-18)7-10-19-12-5-1-2-6-13(12)23-16(19)22/h1-2,5-6H,3-4,7-11H2,(H,17,20). The lowest BCUT2D eigenvalue weighted by molar-refractivity contribution is -0.132. The Morgan fingerprint density at radius 2 is 1.91 bits per heavy atom. The first-order valence-electron chi connectivity index (χ1n) is 7.78. The molecular formula is C16H19N3O4. The molecule has 1 fully saturated rings. The second-order valence-electron chi connectivity index (χ2n) is 5.60. The van der Waals surface area contributed by atoms with Gasteiger partial charge in [0.2, 0.25) is 11.8 Å². The lowest BCUT2D eigenvalue weighted by Gasteiger charge is -2.15. The highest BCUT2D eigenvalue weighted by Gasteiger charge is 2.18. The van der Waals surface area contributed by atoms with Gasteiger partial charge in [-0.25, -0.2) is 4.79 Å². The van der Waals surface area contributed by atoms with Crippen molar-refractivity contribution < 1.29 is 14.0 Å². The fourth-order valence-corrected chi connectivity index (χ4v) is 2.78. The predicted molar refractivity (Wildman–Crippen MR) is 83.9 cm³/mol. The molecule has 0 spiro atoms. The maximum absolute atomic E-state index is 11.9. The molecule has 1 aliphatic heterocycles. The van der Waals surface area contributed by atoms with E-state index in [-0.39, 0.29) is 31.3 Å². The monoisotopic (exact) mass is 317 g/mol. The van der Waals surface area contributed by atoms with Gasteiger partial charge in [-0.05, 0) is 25.0 Å². The summed E-state index contributed by atoms with van der Waals surface area (Å²) in [5.41, 5.74) is 1.17. The number of rotatable bonds is 5. The van der Waals surface area contributed by atoms with Crippen LogP contribution in [0.2, 0.25) is 0 Å². The van der Waals surface area contributed by atoms with Crippen LogP contribution >= 0.6 is 0 Å². The summed E-state index contributed by atoms with van der Waals surface area (Å²) in [4.78, 5) is 37.3. The Kier molecular flexibility index (Phi) is 4.45. The fraction of sp³-hybridized carbons (Fsp3) is 0.438. The first kappa shape index (κ1) is 15.3. The molecule has 7 nitrogen and oxygen atoms in total. The lowest BCUT2D eigenvalue weighted by Crippen LogP contribution is -2.39. The van der Waals surface area contributed by atoms with Crippen molar-refractivity contribution >= 4 is 22.9 Å².